The van der Waals surface area contributed by atoms with Crippen molar-refractivity contribution in [3.05, 3.63) is 46.7 Å². The summed E-state index contributed by atoms with van der Waals surface area (Å²) in [6.45, 7) is 8.20. The van der Waals surface area contributed by atoms with Crippen LogP contribution >= 0.6 is 11.6 Å². The molecule has 8 nitrogen and oxygen atoms in total. The fraction of sp³-hybridized carbons (Fsp3) is 0.476. The van der Waals surface area contributed by atoms with Crippen LogP contribution in [0.25, 0.3) is 0 Å². The maximum Gasteiger partial charge on any atom is 0.289 e. The highest BCUT2D eigenvalue weighted by molar-refractivity contribution is 7.89. The smallest absolute Gasteiger partial charge is 0.289 e. The van der Waals surface area contributed by atoms with Gasteiger partial charge in [0.25, 0.3) is 15.9 Å². The molecule has 10 heteroatoms. The molecule has 2 heterocycles. The van der Waals surface area contributed by atoms with Gasteiger partial charge >= 0.3 is 0 Å². The van der Waals surface area contributed by atoms with E-state index in [2.05, 4.69) is 9.62 Å². The molecule has 31 heavy (non-hydrogen) atoms. The zero-order chi connectivity index (χ0) is 22.8. The summed E-state index contributed by atoms with van der Waals surface area (Å²) >= 11 is 6.11. The topological polar surface area (TPSA) is 92.1 Å². The van der Waals surface area contributed by atoms with Crippen LogP contribution in [-0.2, 0) is 16.6 Å². The molecule has 1 aromatic carbocycles. The molecule has 0 unspecified atom stereocenters. The number of halogens is 1. The van der Waals surface area contributed by atoms with Gasteiger partial charge in [0, 0.05) is 48.8 Å². The minimum atomic E-state index is -3.83. The van der Waals surface area contributed by atoms with Crippen molar-refractivity contribution in [1.82, 2.24) is 14.5 Å². The predicted octanol–water partition coefficient (Wildman–Crippen LogP) is 2.98. The highest BCUT2D eigenvalue weighted by Crippen LogP contribution is 2.25. The molecule has 0 bridgehead atoms. The molecule has 1 aliphatic rings. The lowest BCUT2D eigenvalue weighted by Gasteiger charge is -2.34. The maximum absolute atomic E-state index is 12.8. The standard InChI is InChI=1S/C21H28ClN3O5S/c1-21(2,3)23-31(27,28)19-8-7-18(30-19)20(26)25-11-9-24(10-12-25)14-15-13-16(22)5-6-17(15)29-4/h5-8,13,23H,9-12,14H2,1-4H3. The van der Waals surface area contributed by atoms with E-state index in [0.29, 0.717) is 37.7 Å². The molecule has 1 N–H and O–H groups in total. The van der Waals surface area contributed by atoms with Gasteiger partial charge in [-0.1, -0.05) is 11.6 Å². The number of benzene rings is 1. The first kappa shape index (κ1) is 23.6. The number of nitrogens with zero attached hydrogens (tertiary/aromatic N) is 2. The largest absolute Gasteiger partial charge is 0.496 e. The lowest BCUT2D eigenvalue weighted by molar-refractivity contribution is 0.0591. The van der Waals surface area contributed by atoms with Crippen molar-refractivity contribution in [2.24, 2.45) is 0 Å². The first-order chi connectivity index (χ1) is 14.5. The third kappa shape index (κ3) is 6.00. The van der Waals surface area contributed by atoms with Crippen LogP contribution in [0.1, 0.15) is 36.9 Å². The van der Waals surface area contributed by atoms with E-state index in [1.54, 1.807) is 38.8 Å². The molecule has 0 radical (unpaired) electrons. The van der Waals surface area contributed by atoms with Crippen molar-refractivity contribution in [3.8, 4) is 5.75 Å². The normalized spacial score (nSPS) is 15.8. The van der Waals surface area contributed by atoms with Crippen molar-refractivity contribution in [3.63, 3.8) is 0 Å². The van der Waals surface area contributed by atoms with Gasteiger partial charge in [-0.05, 0) is 51.1 Å². The summed E-state index contributed by atoms with van der Waals surface area (Å²) < 4.78 is 38.1. The molecular formula is C21H28ClN3O5S. The molecule has 1 aliphatic heterocycles. The van der Waals surface area contributed by atoms with E-state index >= 15 is 0 Å². The molecule has 0 atom stereocenters. The van der Waals surface area contributed by atoms with Gasteiger partial charge in [0.1, 0.15) is 5.75 Å². The fourth-order valence-electron chi connectivity index (χ4n) is 3.41. The van der Waals surface area contributed by atoms with Crippen molar-refractivity contribution < 1.29 is 22.4 Å². The number of ether oxygens (including phenoxy) is 1. The number of methoxy groups -OCH3 is 1. The number of rotatable bonds is 6. The Hall–Kier alpha value is -2.07. The van der Waals surface area contributed by atoms with Crippen molar-refractivity contribution in [2.45, 2.75) is 37.9 Å². The SMILES string of the molecule is COc1ccc(Cl)cc1CN1CCN(C(=O)c2ccc(S(=O)(=O)NC(C)(C)C)o2)CC1. The minimum Gasteiger partial charge on any atom is -0.496 e. The van der Waals surface area contributed by atoms with Gasteiger partial charge in [-0.25, -0.2) is 13.1 Å². The van der Waals surface area contributed by atoms with Gasteiger partial charge in [0.2, 0.25) is 5.09 Å². The van der Waals surface area contributed by atoms with Gasteiger partial charge in [-0.3, -0.25) is 9.69 Å². The second kappa shape index (κ2) is 9.20. The number of nitrogens with one attached hydrogen (secondary N) is 1. The van der Waals surface area contributed by atoms with Crippen LogP contribution in [0.4, 0.5) is 0 Å². The van der Waals surface area contributed by atoms with Crippen molar-refractivity contribution in [2.75, 3.05) is 33.3 Å². The van der Waals surface area contributed by atoms with Gasteiger partial charge < -0.3 is 14.1 Å². The second-order valence-electron chi connectivity index (χ2n) is 8.50. The second-order valence-corrected chi connectivity index (χ2v) is 10.5. The zero-order valence-electron chi connectivity index (χ0n) is 18.1. The minimum absolute atomic E-state index is 0.0132. The summed E-state index contributed by atoms with van der Waals surface area (Å²) in [5.41, 5.74) is 0.333. The predicted molar refractivity (Wildman–Crippen MR) is 118 cm³/mol. The van der Waals surface area contributed by atoms with E-state index < -0.39 is 15.6 Å². The summed E-state index contributed by atoms with van der Waals surface area (Å²) in [5.74, 6) is 0.465. The van der Waals surface area contributed by atoms with E-state index in [1.807, 2.05) is 12.1 Å². The average molecular weight is 470 g/mol. The first-order valence-corrected chi connectivity index (χ1v) is 11.8. The summed E-state index contributed by atoms with van der Waals surface area (Å²) in [6.07, 6.45) is 0. The summed E-state index contributed by atoms with van der Waals surface area (Å²) in [6, 6.07) is 8.23. The summed E-state index contributed by atoms with van der Waals surface area (Å²) in [4.78, 5) is 16.7. The average Bonchev–Trinajstić information content (AvgIpc) is 3.18. The number of furan rings is 1. The maximum atomic E-state index is 12.8. The van der Waals surface area contributed by atoms with Crippen LogP contribution in [0.3, 0.4) is 0 Å². The fourth-order valence-corrected chi connectivity index (χ4v) is 4.96. The molecule has 1 fully saturated rings. The zero-order valence-corrected chi connectivity index (χ0v) is 19.7. The lowest BCUT2D eigenvalue weighted by atomic mass is 10.1. The van der Waals surface area contributed by atoms with Crippen molar-refractivity contribution >= 4 is 27.5 Å². The third-order valence-electron chi connectivity index (χ3n) is 4.79. The Balaban J connectivity index is 1.61. The number of piperazine rings is 1. The van der Waals surface area contributed by atoms with E-state index in [1.165, 1.54) is 12.1 Å². The Morgan fingerprint density at radius 1 is 1.16 bits per heavy atom. The number of amides is 1. The molecule has 3 rings (SSSR count). The molecule has 170 valence electrons. The highest BCUT2D eigenvalue weighted by Gasteiger charge is 2.29. The Labute approximate surface area is 188 Å². The quantitative estimate of drug-likeness (QED) is 0.699. The van der Waals surface area contributed by atoms with Gasteiger partial charge in [-0.2, -0.15) is 0 Å². The third-order valence-corrected chi connectivity index (χ3v) is 6.66. The van der Waals surface area contributed by atoms with Crippen LogP contribution in [0.5, 0.6) is 5.75 Å². The molecule has 1 saturated heterocycles. The van der Waals surface area contributed by atoms with Gasteiger partial charge in [-0.15, -0.1) is 0 Å². The van der Waals surface area contributed by atoms with E-state index in [4.69, 9.17) is 20.8 Å². The van der Waals surface area contributed by atoms with Crippen molar-refractivity contribution in [1.29, 1.82) is 0 Å². The van der Waals surface area contributed by atoms with E-state index in [9.17, 15) is 13.2 Å². The number of hydrogen-bond acceptors (Lipinski definition) is 6. The Bertz CT molecular complexity index is 1040. The van der Waals surface area contributed by atoms with Crippen LogP contribution < -0.4 is 9.46 Å². The Morgan fingerprint density at radius 2 is 1.84 bits per heavy atom. The molecule has 2 aromatic rings. The lowest BCUT2D eigenvalue weighted by Crippen LogP contribution is -2.48. The Morgan fingerprint density at radius 3 is 2.45 bits per heavy atom. The van der Waals surface area contributed by atoms with Crippen LogP contribution in [-0.4, -0.2) is 63.0 Å². The number of sulfonamides is 1. The Kier molecular flexibility index (Phi) is 7.00. The molecule has 0 aliphatic carbocycles. The monoisotopic (exact) mass is 469 g/mol. The van der Waals surface area contributed by atoms with Gasteiger partial charge in [0.05, 0.1) is 7.11 Å². The molecule has 1 amide bonds. The van der Waals surface area contributed by atoms with Crippen LogP contribution in [0, 0.1) is 0 Å². The van der Waals surface area contributed by atoms with E-state index in [0.717, 1.165) is 11.3 Å². The number of carbonyl (C=O) groups is 1. The highest BCUT2D eigenvalue weighted by atomic mass is 35.5. The molecule has 0 spiro atoms. The van der Waals surface area contributed by atoms with Crippen LogP contribution in [0.2, 0.25) is 5.02 Å². The van der Waals surface area contributed by atoms with Crippen LogP contribution in [0.15, 0.2) is 39.8 Å². The number of carbonyl (C=O) groups excluding carboxylic acids is 1. The van der Waals surface area contributed by atoms with E-state index in [-0.39, 0.29) is 16.8 Å². The molecular weight excluding hydrogens is 442 g/mol. The summed E-state index contributed by atoms with van der Waals surface area (Å²) in [7, 11) is -2.21. The first-order valence-electron chi connectivity index (χ1n) is 9.96. The van der Waals surface area contributed by atoms with Gasteiger partial charge in [0.15, 0.2) is 5.76 Å². The summed E-state index contributed by atoms with van der Waals surface area (Å²) in [5, 5.41) is 0.381. The molecule has 1 aromatic heterocycles. The number of hydrogen-bond donors (Lipinski definition) is 1. The molecule has 0 saturated carbocycles.